The molecule has 0 radical (unpaired) electrons. The Morgan fingerprint density at radius 2 is 1.93 bits per heavy atom. The first kappa shape index (κ1) is 12.0. The summed E-state index contributed by atoms with van der Waals surface area (Å²) >= 11 is 0. The van der Waals surface area contributed by atoms with Gasteiger partial charge in [0.25, 0.3) is 0 Å². The van der Waals surface area contributed by atoms with Crippen LogP contribution in [0.2, 0.25) is 0 Å². The van der Waals surface area contributed by atoms with Crippen molar-refractivity contribution in [2.75, 3.05) is 0 Å². The summed E-state index contributed by atoms with van der Waals surface area (Å²) in [6.45, 7) is 1.68. The summed E-state index contributed by atoms with van der Waals surface area (Å²) in [4.78, 5) is 0. The van der Waals surface area contributed by atoms with Crippen molar-refractivity contribution >= 4 is 0 Å². The van der Waals surface area contributed by atoms with E-state index in [2.05, 4.69) is 0 Å². The Labute approximate surface area is 84.9 Å². The first-order chi connectivity index (χ1) is 6.80. The second-order valence-corrected chi connectivity index (χ2v) is 3.49. The van der Waals surface area contributed by atoms with E-state index < -0.39 is 17.6 Å². The van der Waals surface area contributed by atoms with Crippen molar-refractivity contribution < 1.29 is 17.6 Å². The lowest BCUT2D eigenvalue weighted by atomic mass is 10.0. The molecular weight excluding hydrogens is 210 g/mol. The molecule has 0 spiro atoms. The van der Waals surface area contributed by atoms with Crippen molar-refractivity contribution in [2.24, 2.45) is 5.73 Å². The third-order valence-electron chi connectivity index (χ3n) is 1.89. The molecule has 0 unspecified atom stereocenters. The molecule has 0 aliphatic heterocycles. The summed E-state index contributed by atoms with van der Waals surface area (Å²) in [5, 5.41) is 0. The molecule has 0 fully saturated rings. The number of halogens is 4. The standard InChI is InChI=1S/C10H11F4N/c1-6(15)4-7-2-3-9(11)8(5-7)10(12,13)14/h2-3,5-6H,4,15H2,1H3/t6-/m0/s1. The molecule has 0 aromatic heterocycles. The van der Waals surface area contributed by atoms with E-state index in [0.29, 0.717) is 12.0 Å². The van der Waals surface area contributed by atoms with E-state index in [0.717, 1.165) is 12.1 Å². The number of hydrogen-bond acceptors (Lipinski definition) is 1. The van der Waals surface area contributed by atoms with Crippen LogP contribution in [-0.2, 0) is 12.6 Å². The van der Waals surface area contributed by atoms with E-state index in [1.165, 1.54) is 6.07 Å². The van der Waals surface area contributed by atoms with Crippen LogP contribution < -0.4 is 5.73 Å². The SMILES string of the molecule is C[C@H](N)Cc1ccc(F)c(C(F)(F)F)c1. The zero-order valence-electron chi connectivity index (χ0n) is 8.11. The van der Waals surface area contributed by atoms with Crippen LogP contribution in [0.15, 0.2) is 18.2 Å². The lowest BCUT2D eigenvalue weighted by molar-refractivity contribution is -0.140. The molecule has 0 aliphatic rings. The molecule has 0 saturated carbocycles. The molecule has 0 heterocycles. The van der Waals surface area contributed by atoms with Crippen molar-refractivity contribution in [3.63, 3.8) is 0 Å². The largest absolute Gasteiger partial charge is 0.419 e. The van der Waals surface area contributed by atoms with Gasteiger partial charge in [-0.15, -0.1) is 0 Å². The van der Waals surface area contributed by atoms with Crippen LogP contribution in [-0.4, -0.2) is 6.04 Å². The van der Waals surface area contributed by atoms with Crippen molar-refractivity contribution in [3.05, 3.63) is 35.1 Å². The van der Waals surface area contributed by atoms with Gasteiger partial charge in [-0.1, -0.05) is 6.07 Å². The molecule has 1 aromatic carbocycles. The van der Waals surface area contributed by atoms with Crippen molar-refractivity contribution in [1.29, 1.82) is 0 Å². The summed E-state index contributed by atoms with van der Waals surface area (Å²) in [6.07, 6.45) is -4.36. The van der Waals surface area contributed by atoms with Gasteiger partial charge in [-0.3, -0.25) is 0 Å². The molecular formula is C10H11F4N. The van der Waals surface area contributed by atoms with E-state index in [9.17, 15) is 17.6 Å². The average molecular weight is 221 g/mol. The highest BCUT2D eigenvalue weighted by molar-refractivity contribution is 5.27. The fraction of sp³-hybridized carbons (Fsp3) is 0.400. The smallest absolute Gasteiger partial charge is 0.328 e. The summed E-state index contributed by atoms with van der Waals surface area (Å²) in [5.41, 5.74) is 4.60. The van der Waals surface area contributed by atoms with Gasteiger partial charge in [-0.25, -0.2) is 4.39 Å². The minimum Gasteiger partial charge on any atom is -0.328 e. The van der Waals surface area contributed by atoms with Gasteiger partial charge in [0.1, 0.15) is 5.82 Å². The van der Waals surface area contributed by atoms with Crippen molar-refractivity contribution in [1.82, 2.24) is 0 Å². The molecule has 0 bridgehead atoms. The van der Waals surface area contributed by atoms with Gasteiger partial charge in [0.05, 0.1) is 5.56 Å². The fourth-order valence-electron chi connectivity index (χ4n) is 1.29. The highest BCUT2D eigenvalue weighted by Crippen LogP contribution is 2.31. The molecule has 1 rings (SSSR count). The second kappa shape index (κ2) is 4.18. The topological polar surface area (TPSA) is 26.0 Å². The van der Waals surface area contributed by atoms with E-state index in [-0.39, 0.29) is 6.04 Å². The Bertz CT molecular complexity index is 344. The summed E-state index contributed by atoms with van der Waals surface area (Å²) in [6, 6.07) is 2.68. The quantitative estimate of drug-likeness (QED) is 0.763. The Morgan fingerprint density at radius 3 is 2.40 bits per heavy atom. The molecule has 5 heteroatoms. The van der Waals surface area contributed by atoms with E-state index >= 15 is 0 Å². The van der Waals surface area contributed by atoms with Crippen molar-refractivity contribution in [3.8, 4) is 0 Å². The van der Waals surface area contributed by atoms with Gasteiger partial charge < -0.3 is 5.73 Å². The minimum atomic E-state index is -4.65. The van der Waals surface area contributed by atoms with Crippen LogP contribution in [0.3, 0.4) is 0 Å². The number of hydrogen-bond donors (Lipinski definition) is 1. The number of rotatable bonds is 2. The maximum Gasteiger partial charge on any atom is 0.419 e. The minimum absolute atomic E-state index is 0.253. The average Bonchev–Trinajstić information content (AvgIpc) is 2.05. The van der Waals surface area contributed by atoms with Crippen molar-refractivity contribution in [2.45, 2.75) is 25.6 Å². The summed E-state index contributed by atoms with van der Waals surface area (Å²) < 4.78 is 49.7. The lowest BCUT2D eigenvalue weighted by Gasteiger charge is -2.11. The van der Waals surface area contributed by atoms with Crippen LogP contribution in [0.5, 0.6) is 0 Å². The van der Waals surface area contributed by atoms with E-state index in [1.54, 1.807) is 6.92 Å². The third-order valence-corrected chi connectivity index (χ3v) is 1.89. The number of alkyl halides is 3. The van der Waals surface area contributed by atoms with Crippen LogP contribution in [0.25, 0.3) is 0 Å². The molecule has 84 valence electrons. The van der Waals surface area contributed by atoms with Gasteiger partial charge >= 0.3 is 6.18 Å². The fourth-order valence-corrected chi connectivity index (χ4v) is 1.29. The van der Waals surface area contributed by atoms with Gasteiger partial charge in [0.15, 0.2) is 0 Å². The molecule has 0 saturated heterocycles. The van der Waals surface area contributed by atoms with Crippen LogP contribution >= 0.6 is 0 Å². The Morgan fingerprint density at radius 1 is 1.33 bits per heavy atom. The highest BCUT2D eigenvalue weighted by atomic mass is 19.4. The predicted octanol–water partition coefficient (Wildman–Crippen LogP) is 2.73. The van der Waals surface area contributed by atoms with Gasteiger partial charge in [0.2, 0.25) is 0 Å². The van der Waals surface area contributed by atoms with Crippen LogP contribution in [0.1, 0.15) is 18.1 Å². The zero-order chi connectivity index (χ0) is 11.6. The molecule has 1 atom stereocenters. The molecule has 2 N–H and O–H groups in total. The predicted molar refractivity (Wildman–Crippen MR) is 48.8 cm³/mol. The maximum atomic E-state index is 12.9. The molecule has 1 aromatic rings. The third kappa shape index (κ3) is 3.20. The first-order valence-corrected chi connectivity index (χ1v) is 4.42. The maximum absolute atomic E-state index is 12.9. The highest BCUT2D eigenvalue weighted by Gasteiger charge is 2.34. The van der Waals surface area contributed by atoms with E-state index in [1.807, 2.05) is 0 Å². The Kier molecular flexibility index (Phi) is 3.34. The molecule has 0 aliphatic carbocycles. The first-order valence-electron chi connectivity index (χ1n) is 4.42. The number of nitrogens with two attached hydrogens (primary N) is 1. The number of benzene rings is 1. The van der Waals surface area contributed by atoms with Gasteiger partial charge in [-0.2, -0.15) is 13.2 Å². The van der Waals surface area contributed by atoms with Gasteiger partial charge in [-0.05, 0) is 31.0 Å². The summed E-state index contributed by atoms with van der Waals surface area (Å²) in [5.74, 6) is -1.25. The monoisotopic (exact) mass is 221 g/mol. The van der Waals surface area contributed by atoms with Crippen LogP contribution in [0, 0.1) is 5.82 Å². The molecule has 1 nitrogen and oxygen atoms in total. The Balaban J connectivity index is 3.06. The van der Waals surface area contributed by atoms with E-state index in [4.69, 9.17) is 5.73 Å². The van der Waals surface area contributed by atoms with Gasteiger partial charge in [0, 0.05) is 6.04 Å². The van der Waals surface area contributed by atoms with Crippen LogP contribution in [0.4, 0.5) is 17.6 Å². The second-order valence-electron chi connectivity index (χ2n) is 3.49. The summed E-state index contributed by atoms with van der Waals surface area (Å²) in [7, 11) is 0. The molecule has 15 heavy (non-hydrogen) atoms. The zero-order valence-corrected chi connectivity index (χ0v) is 8.11. The molecule has 0 amide bonds. The normalized spacial score (nSPS) is 14.0. The Hall–Kier alpha value is -1.10. The lowest BCUT2D eigenvalue weighted by Crippen LogP contribution is -2.18.